The van der Waals surface area contributed by atoms with E-state index in [1.165, 1.54) is 11.9 Å². The van der Waals surface area contributed by atoms with Crippen LogP contribution in [0, 0.1) is 5.92 Å². The quantitative estimate of drug-likeness (QED) is 0.743. The second kappa shape index (κ2) is 7.52. The summed E-state index contributed by atoms with van der Waals surface area (Å²) < 4.78 is 1.76. The summed E-state index contributed by atoms with van der Waals surface area (Å²) in [6, 6.07) is 20.4. The SMILES string of the molecule is O=C(CC1CC(c2ccccc2)C1)NCc1ncnn1-c1ccccc1. The fourth-order valence-electron chi connectivity index (χ4n) is 3.58. The summed E-state index contributed by atoms with van der Waals surface area (Å²) in [5.41, 5.74) is 2.33. The Morgan fingerprint density at radius 3 is 2.46 bits per heavy atom. The summed E-state index contributed by atoms with van der Waals surface area (Å²) in [5, 5.41) is 7.24. The molecule has 0 spiro atoms. The van der Waals surface area contributed by atoms with E-state index in [2.05, 4.69) is 39.7 Å². The Labute approximate surface area is 153 Å². The van der Waals surface area contributed by atoms with Gasteiger partial charge in [0.2, 0.25) is 5.91 Å². The van der Waals surface area contributed by atoms with Gasteiger partial charge >= 0.3 is 0 Å². The molecule has 1 aliphatic carbocycles. The Morgan fingerprint density at radius 2 is 1.73 bits per heavy atom. The predicted octanol–water partition coefficient (Wildman–Crippen LogP) is 3.47. The van der Waals surface area contributed by atoms with Crippen LogP contribution in [0.2, 0.25) is 0 Å². The van der Waals surface area contributed by atoms with E-state index < -0.39 is 0 Å². The second-order valence-electron chi connectivity index (χ2n) is 6.85. The molecule has 0 bridgehead atoms. The number of nitrogens with zero attached hydrogens (tertiary/aromatic N) is 3. The lowest BCUT2D eigenvalue weighted by atomic mass is 9.70. The van der Waals surface area contributed by atoms with Gasteiger partial charge < -0.3 is 5.32 Å². The minimum atomic E-state index is 0.0872. The Hall–Kier alpha value is -2.95. The van der Waals surface area contributed by atoms with E-state index >= 15 is 0 Å². The summed E-state index contributed by atoms with van der Waals surface area (Å²) in [6.45, 7) is 0.391. The number of rotatable bonds is 6. The smallest absolute Gasteiger partial charge is 0.220 e. The fraction of sp³-hybridized carbons (Fsp3) is 0.286. The van der Waals surface area contributed by atoms with Gasteiger partial charge in [0.1, 0.15) is 6.33 Å². The molecule has 1 heterocycles. The van der Waals surface area contributed by atoms with Gasteiger partial charge in [0.25, 0.3) is 0 Å². The first-order valence-electron chi connectivity index (χ1n) is 9.05. The van der Waals surface area contributed by atoms with Gasteiger partial charge in [-0.25, -0.2) is 9.67 Å². The van der Waals surface area contributed by atoms with Crippen LogP contribution in [0.25, 0.3) is 5.69 Å². The molecule has 1 aliphatic rings. The van der Waals surface area contributed by atoms with E-state index in [0.29, 0.717) is 24.8 Å². The van der Waals surface area contributed by atoms with Gasteiger partial charge in [-0.15, -0.1) is 0 Å². The van der Waals surface area contributed by atoms with E-state index in [1.54, 1.807) is 4.68 Å². The van der Waals surface area contributed by atoms with Crippen LogP contribution in [0.15, 0.2) is 67.0 Å². The number of carbonyl (C=O) groups excluding carboxylic acids is 1. The lowest BCUT2D eigenvalue weighted by Crippen LogP contribution is -2.31. The van der Waals surface area contributed by atoms with Crippen LogP contribution in [-0.2, 0) is 11.3 Å². The first kappa shape index (κ1) is 16.5. The minimum absolute atomic E-state index is 0.0872. The average molecular weight is 346 g/mol. The molecule has 0 radical (unpaired) electrons. The van der Waals surface area contributed by atoms with Crippen LogP contribution < -0.4 is 5.32 Å². The normalized spacial score (nSPS) is 18.9. The van der Waals surface area contributed by atoms with Crippen molar-refractivity contribution in [2.75, 3.05) is 0 Å². The number of hydrogen-bond donors (Lipinski definition) is 1. The molecule has 1 N–H and O–H groups in total. The molecule has 5 nitrogen and oxygen atoms in total. The monoisotopic (exact) mass is 346 g/mol. The predicted molar refractivity (Wildman–Crippen MR) is 99.7 cm³/mol. The molecule has 1 aromatic heterocycles. The van der Waals surface area contributed by atoms with Crippen molar-refractivity contribution in [2.24, 2.45) is 5.92 Å². The third kappa shape index (κ3) is 3.67. The highest BCUT2D eigenvalue weighted by Gasteiger charge is 2.31. The van der Waals surface area contributed by atoms with E-state index in [4.69, 9.17) is 0 Å². The van der Waals surface area contributed by atoms with Crippen molar-refractivity contribution >= 4 is 5.91 Å². The van der Waals surface area contributed by atoms with Crippen LogP contribution in [-0.4, -0.2) is 20.7 Å². The molecule has 0 saturated heterocycles. The number of hydrogen-bond acceptors (Lipinski definition) is 3. The number of para-hydroxylation sites is 1. The third-order valence-corrected chi connectivity index (χ3v) is 5.04. The van der Waals surface area contributed by atoms with Gasteiger partial charge in [0.15, 0.2) is 5.82 Å². The Balaban J connectivity index is 1.26. The van der Waals surface area contributed by atoms with Gasteiger partial charge in [0.05, 0.1) is 12.2 Å². The zero-order valence-electron chi connectivity index (χ0n) is 14.6. The number of nitrogens with one attached hydrogen (secondary N) is 1. The van der Waals surface area contributed by atoms with Crippen molar-refractivity contribution in [3.8, 4) is 5.69 Å². The van der Waals surface area contributed by atoms with Gasteiger partial charge in [-0.3, -0.25) is 4.79 Å². The molecule has 2 aromatic carbocycles. The van der Waals surface area contributed by atoms with Gasteiger partial charge in [-0.1, -0.05) is 48.5 Å². The van der Waals surface area contributed by atoms with Crippen molar-refractivity contribution in [3.05, 3.63) is 78.4 Å². The molecule has 0 atom stereocenters. The first-order chi connectivity index (χ1) is 12.8. The van der Waals surface area contributed by atoms with E-state index in [0.717, 1.165) is 24.4 Å². The molecular formula is C21H22N4O. The maximum Gasteiger partial charge on any atom is 0.220 e. The number of amides is 1. The molecule has 5 heteroatoms. The van der Waals surface area contributed by atoms with Crippen LogP contribution in [0.4, 0.5) is 0 Å². The standard InChI is InChI=1S/C21H22N4O/c26-21(13-16-11-18(12-16)17-7-3-1-4-8-17)22-14-20-23-15-24-25(20)19-9-5-2-6-10-19/h1-10,15-16,18H,11-14H2,(H,22,26). The summed E-state index contributed by atoms with van der Waals surface area (Å²) in [4.78, 5) is 16.5. The van der Waals surface area contributed by atoms with Crippen LogP contribution in [0.3, 0.4) is 0 Å². The van der Waals surface area contributed by atoms with Crippen molar-refractivity contribution in [3.63, 3.8) is 0 Å². The molecule has 0 aliphatic heterocycles. The topological polar surface area (TPSA) is 59.8 Å². The second-order valence-corrected chi connectivity index (χ2v) is 6.85. The molecule has 26 heavy (non-hydrogen) atoms. The minimum Gasteiger partial charge on any atom is -0.349 e. The maximum absolute atomic E-state index is 12.3. The molecule has 4 rings (SSSR count). The van der Waals surface area contributed by atoms with Crippen LogP contribution in [0.1, 0.15) is 36.6 Å². The van der Waals surface area contributed by atoms with Gasteiger partial charge in [-0.2, -0.15) is 5.10 Å². The first-order valence-corrected chi connectivity index (χ1v) is 9.05. The largest absolute Gasteiger partial charge is 0.349 e. The summed E-state index contributed by atoms with van der Waals surface area (Å²) >= 11 is 0. The van der Waals surface area contributed by atoms with Crippen molar-refractivity contribution in [2.45, 2.75) is 31.7 Å². The highest BCUT2D eigenvalue weighted by Crippen LogP contribution is 2.43. The Bertz CT molecular complexity index is 854. The zero-order chi connectivity index (χ0) is 17.8. The molecular weight excluding hydrogens is 324 g/mol. The summed E-state index contributed by atoms with van der Waals surface area (Å²) in [7, 11) is 0. The number of aromatic nitrogens is 3. The lowest BCUT2D eigenvalue weighted by molar-refractivity contribution is -0.122. The maximum atomic E-state index is 12.3. The zero-order valence-corrected chi connectivity index (χ0v) is 14.6. The fourth-order valence-corrected chi connectivity index (χ4v) is 3.58. The van der Waals surface area contributed by atoms with Gasteiger partial charge in [-0.05, 0) is 42.4 Å². The lowest BCUT2D eigenvalue weighted by Gasteiger charge is -2.35. The van der Waals surface area contributed by atoms with E-state index in [-0.39, 0.29) is 5.91 Å². The Kier molecular flexibility index (Phi) is 4.78. The van der Waals surface area contributed by atoms with Crippen molar-refractivity contribution in [1.29, 1.82) is 0 Å². The summed E-state index contributed by atoms with van der Waals surface area (Å²) in [5.74, 6) is 1.91. The van der Waals surface area contributed by atoms with Crippen LogP contribution >= 0.6 is 0 Å². The third-order valence-electron chi connectivity index (χ3n) is 5.04. The summed E-state index contributed by atoms with van der Waals surface area (Å²) in [6.07, 6.45) is 4.29. The average Bonchev–Trinajstić information content (AvgIpc) is 3.13. The molecule has 1 saturated carbocycles. The highest BCUT2D eigenvalue weighted by molar-refractivity contribution is 5.76. The van der Waals surface area contributed by atoms with Gasteiger partial charge in [0, 0.05) is 6.42 Å². The molecule has 1 amide bonds. The van der Waals surface area contributed by atoms with Crippen molar-refractivity contribution in [1.82, 2.24) is 20.1 Å². The Morgan fingerprint density at radius 1 is 1.04 bits per heavy atom. The molecule has 132 valence electrons. The molecule has 0 unspecified atom stereocenters. The highest BCUT2D eigenvalue weighted by atomic mass is 16.1. The van der Waals surface area contributed by atoms with Crippen LogP contribution in [0.5, 0.6) is 0 Å². The molecule has 3 aromatic rings. The number of benzene rings is 2. The van der Waals surface area contributed by atoms with E-state index in [1.807, 2.05) is 36.4 Å². The van der Waals surface area contributed by atoms with E-state index in [9.17, 15) is 4.79 Å². The van der Waals surface area contributed by atoms with Crippen molar-refractivity contribution < 1.29 is 4.79 Å². The molecule has 1 fully saturated rings. The number of carbonyl (C=O) groups is 1.